The maximum absolute atomic E-state index is 13.2. The number of hydrogen-bond donors (Lipinski definition) is 2. The molecule has 170 valence electrons. The van der Waals surface area contributed by atoms with Gasteiger partial charge in [0.25, 0.3) is 5.91 Å². The van der Waals surface area contributed by atoms with Gasteiger partial charge in [-0.1, -0.05) is 72.8 Å². The van der Waals surface area contributed by atoms with Crippen LogP contribution in [0.4, 0.5) is 5.69 Å². The van der Waals surface area contributed by atoms with Gasteiger partial charge in [-0.25, -0.2) is 8.42 Å². The maximum Gasteiger partial charge on any atom is 0.261 e. The van der Waals surface area contributed by atoms with Crippen molar-refractivity contribution in [2.75, 3.05) is 31.5 Å². The normalized spacial score (nSPS) is 20.2. The highest BCUT2D eigenvalue weighted by Gasteiger charge is 2.36. The Labute approximate surface area is 194 Å². The van der Waals surface area contributed by atoms with Gasteiger partial charge in [-0.05, 0) is 23.3 Å². The van der Waals surface area contributed by atoms with Gasteiger partial charge in [0.2, 0.25) is 10.0 Å². The van der Waals surface area contributed by atoms with Gasteiger partial charge in [-0.15, -0.1) is 0 Å². The lowest BCUT2D eigenvalue weighted by atomic mass is 9.96. The first-order valence-electron chi connectivity index (χ1n) is 11.0. The Bertz CT molecular complexity index is 1190. The predicted octanol–water partition coefficient (Wildman–Crippen LogP) is 2.65. The number of benzene rings is 3. The van der Waals surface area contributed by atoms with Gasteiger partial charge in [0.15, 0.2) is 6.17 Å². The number of fused-ring (bicyclic) bond motifs is 1. The minimum absolute atomic E-state index is 0.0998. The number of sulfonamides is 1. The number of amides is 1. The van der Waals surface area contributed by atoms with Crippen LogP contribution in [0.15, 0.2) is 89.8 Å². The zero-order chi connectivity index (χ0) is 22.8. The summed E-state index contributed by atoms with van der Waals surface area (Å²) in [5.74, 6) is -0.260. The highest BCUT2D eigenvalue weighted by molar-refractivity contribution is 7.89. The topological polar surface area (TPSA) is 81.7 Å². The molecule has 7 nitrogen and oxygen atoms in total. The van der Waals surface area contributed by atoms with E-state index in [0.29, 0.717) is 31.9 Å². The molecule has 0 unspecified atom stereocenters. The summed E-state index contributed by atoms with van der Waals surface area (Å²) in [6.07, 6.45) is -1.00. The lowest BCUT2D eigenvalue weighted by Crippen LogP contribution is -2.58. The standard InChI is InChI=1S/C25H26N4O3S/c30-25(24-26-21-13-7-8-14-22(21)33(31,32)27-24)29-17-15-28(16-18-29)23(19-9-3-1-4-10-19)20-11-5-2-6-12-20/h1-14,23-24,26-27H,15-18H2/t24-/m1/s1. The first kappa shape index (κ1) is 21.6. The lowest BCUT2D eigenvalue weighted by molar-refractivity contribution is -0.134. The second-order valence-electron chi connectivity index (χ2n) is 8.28. The summed E-state index contributed by atoms with van der Waals surface area (Å²) in [5.41, 5.74) is 2.87. The first-order chi connectivity index (χ1) is 16.0. The molecule has 2 aliphatic heterocycles. The van der Waals surface area contributed by atoms with E-state index in [2.05, 4.69) is 39.2 Å². The van der Waals surface area contributed by atoms with Gasteiger partial charge in [0.05, 0.1) is 11.7 Å². The predicted molar refractivity (Wildman–Crippen MR) is 127 cm³/mol. The van der Waals surface area contributed by atoms with E-state index in [1.165, 1.54) is 17.2 Å². The average molecular weight is 463 g/mol. The summed E-state index contributed by atoms with van der Waals surface area (Å²) in [6.45, 7) is 2.43. The zero-order valence-electron chi connectivity index (χ0n) is 18.1. The van der Waals surface area contributed by atoms with Crippen molar-refractivity contribution in [2.45, 2.75) is 17.1 Å². The summed E-state index contributed by atoms with van der Waals surface area (Å²) >= 11 is 0. The third kappa shape index (κ3) is 4.37. The Balaban J connectivity index is 1.31. The summed E-state index contributed by atoms with van der Waals surface area (Å²) in [4.78, 5) is 17.5. The Morgan fingerprint density at radius 3 is 1.94 bits per heavy atom. The molecule has 1 saturated heterocycles. The minimum atomic E-state index is -3.74. The smallest absolute Gasteiger partial charge is 0.261 e. The van der Waals surface area contributed by atoms with Gasteiger partial charge in [-0.2, -0.15) is 4.72 Å². The zero-order valence-corrected chi connectivity index (χ0v) is 18.9. The Morgan fingerprint density at radius 1 is 0.788 bits per heavy atom. The van der Waals surface area contributed by atoms with Gasteiger partial charge in [0, 0.05) is 26.2 Å². The number of anilines is 1. The molecule has 5 rings (SSSR count). The third-order valence-corrected chi connectivity index (χ3v) is 7.70. The molecular formula is C25H26N4O3S. The number of rotatable bonds is 4. The van der Waals surface area contributed by atoms with E-state index in [-0.39, 0.29) is 16.8 Å². The quantitative estimate of drug-likeness (QED) is 0.623. The van der Waals surface area contributed by atoms with Crippen LogP contribution in [-0.4, -0.2) is 56.5 Å². The molecule has 2 heterocycles. The van der Waals surface area contributed by atoms with Crippen molar-refractivity contribution in [1.82, 2.24) is 14.5 Å². The molecular weight excluding hydrogens is 436 g/mol. The SMILES string of the molecule is O=C([C@@H]1Nc2ccccc2S(=O)(=O)N1)N1CCN(C(c2ccccc2)c2ccccc2)CC1. The van der Waals surface area contributed by atoms with Crippen molar-refractivity contribution in [3.8, 4) is 0 Å². The van der Waals surface area contributed by atoms with Gasteiger partial charge < -0.3 is 10.2 Å². The van der Waals surface area contributed by atoms with Crippen molar-refractivity contribution in [3.63, 3.8) is 0 Å². The van der Waals surface area contributed by atoms with Crippen molar-refractivity contribution in [3.05, 3.63) is 96.1 Å². The second kappa shape index (κ2) is 8.97. The maximum atomic E-state index is 13.2. The molecule has 1 amide bonds. The number of hydrogen-bond acceptors (Lipinski definition) is 5. The average Bonchev–Trinajstić information content (AvgIpc) is 2.85. The van der Waals surface area contributed by atoms with Crippen LogP contribution in [-0.2, 0) is 14.8 Å². The van der Waals surface area contributed by atoms with Crippen LogP contribution < -0.4 is 10.0 Å². The Hall–Kier alpha value is -3.20. The highest BCUT2D eigenvalue weighted by Crippen LogP contribution is 2.30. The van der Waals surface area contributed by atoms with E-state index in [1.54, 1.807) is 23.1 Å². The molecule has 0 bridgehead atoms. The van der Waals surface area contributed by atoms with Crippen LogP contribution >= 0.6 is 0 Å². The molecule has 2 aliphatic rings. The summed E-state index contributed by atoms with van der Waals surface area (Å²) < 4.78 is 27.7. The molecule has 0 aliphatic carbocycles. The second-order valence-corrected chi connectivity index (χ2v) is 9.96. The molecule has 1 atom stereocenters. The summed E-state index contributed by atoms with van der Waals surface area (Å²) in [7, 11) is -3.74. The lowest BCUT2D eigenvalue weighted by Gasteiger charge is -2.41. The van der Waals surface area contributed by atoms with Crippen LogP contribution in [0.2, 0.25) is 0 Å². The summed E-state index contributed by atoms with van der Waals surface area (Å²) in [5, 5.41) is 3.04. The van der Waals surface area contributed by atoms with Crippen LogP contribution in [0.5, 0.6) is 0 Å². The van der Waals surface area contributed by atoms with Crippen LogP contribution in [0.3, 0.4) is 0 Å². The van der Waals surface area contributed by atoms with E-state index in [1.807, 2.05) is 36.4 Å². The Morgan fingerprint density at radius 2 is 1.33 bits per heavy atom. The van der Waals surface area contributed by atoms with Crippen molar-refractivity contribution in [1.29, 1.82) is 0 Å². The number of carbonyl (C=O) groups is 1. The highest BCUT2D eigenvalue weighted by atomic mass is 32.2. The van der Waals surface area contributed by atoms with E-state index < -0.39 is 16.2 Å². The first-order valence-corrected chi connectivity index (χ1v) is 12.5. The number of nitrogens with zero attached hydrogens (tertiary/aromatic N) is 2. The van der Waals surface area contributed by atoms with Crippen molar-refractivity contribution >= 4 is 21.6 Å². The molecule has 2 N–H and O–H groups in total. The fraction of sp³-hybridized carbons (Fsp3) is 0.240. The van der Waals surface area contributed by atoms with E-state index >= 15 is 0 Å². The van der Waals surface area contributed by atoms with E-state index in [0.717, 1.165) is 0 Å². The number of para-hydroxylation sites is 1. The van der Waals surface area contributed by atoms with Crippen LogP contribution in [0.25, 0.3) is 0 Å². The molecule has 3 aromatic rings. The summed E-state index contributed by atoms with van der Waals surface area (Å²) in [6, 6.07) is 27.5. The fourth-order valence-electron chi connectivity index (χ4n) is 4.60. The van der Waals surface area contributed by atoms with Gasteiger partial charge in [-0.3, -0.25) is 9.69 Å². The third-order valence-electron chi connectivity index (χ3n) is 6.22. The Kier molecular flexibility index (Phi) is 5.88. The van der Waals surface area contributed by atoms with Crippen molar-refractivity contribution < 1.29 is 13.2 Å². The molecule has 1 fully saturated rings. The van der Waals surface area contributed by atoms with Gasteiger partial charge in [0.1, 0.15) is 4.90 Å². The number of nitrogens with one attached hydrogen (secondary N) is 2. The monoisotopic (exact) mass is 462 g/mol. The molecule has 0 spiro atoms. The fourth-order valence-corrected chi connectivity index (χ4v) is 5.88. The van der Waals surface area contributed by atoms with Crippen LogP contribution in [0, 0.1) is 0 Å². The number of piperazine rings is 1. The molecule has 8 heteroatoms. The molecule has 33 heavy (non-hydrogen) atoms. The van der Waals surface area contributed by atoms with Crippen LogP contribution in [0.1, 0.15) is 17.2 Å². The molecule has 0 radical (unpaired) electrons. The number of carbonyl (C=O) groups excluding carboxylic acids is 1. The van der Waals surface area contributed by atoms with E-state index in [9.17, 15) is 13.2 Å². The van der Waals surface area contributed by atoms with Crippen molar-refractivity contribution in [2.24, 2.45) is 0 Å². The molecule has 3 aromatic carbocycles. The molecule has 0 saturated carbocycles. The van der Waals surface area contributed by atoms with E-state index in [4.69, 9.17) is 0 Å². The van der Waals surface area contributed by atoms with Gasteiger partial charge >= 0.3 is 0 Å². The largest absolute Gasteiger partial charge is 0.360 e. The molecule has 0 aromatic heterocycles. The minimum Gasteiger partial charge on any atom is -0.360 e.